The summed E-state index contributed by atoms with van der Waals surface area (Å²) in [5.41, 5.74) is 4.99. The third kappa shape index (κ3) is 2.77. The fourth-order valence-corrected chi connectivity index (χ4v) is 3.19. The smallest absolute Gasteiger partial charge is 0.235 e. The van der Waals surface area contributed by atoms with Crippen LogP contribution in [0.1, 0.15) is 40.0 Å². The van der Waals surface area contributed by atoms with E-state index in [1.165, 1.54) is 25.8 Å². The Morgan fingerprint density at radius 1 is 1.32 bits per heavy atom. The Morgan fingerprint density at radius 3 is 2.63 bits per heavy atom. The van der Waals surface area contributed by atoms with Gasteiger partial charge in [0.05, 0.1) is 10.4 Å². The Bertz CT molecular complexity index is 383. The molecule has 2 N–H and O–H groups in total. The minimum absolute atomic E-state index is 0.0812. The summed E-state index contributed by atoms with van der Waals surface area (Å²) < 4.78 is 0. The zero-order valence-corrected chi connectivity index (χ0v) is 13.0. The highest BCUT2D eigenvalue weighted by molar-refractivity contribution is 7.80. The summed E-state index contributed by atoms with van der Waals surface area (Å²) in [6.45, 7) is 8.76. The number of fused-ring (bicyclic) bond motifs is 1. The first kappa shape index (κ1) is 14.7. The van der Waals surface area contributed by atoms with Gasteiger partial charge in [0.1, 0.15) is 0 Å². The Kier molecular flexibility index (Phi) is 4.16. The monoisotopic (exact) mass is 283 g/mol. The molecule has 2 fully saturated rings. The summed E-state index contributed by atoms with van der Waals surface area (Å²) in [4.78, 5) is 17.5. The molecule has 2 unspecified atom stereocenters. The van der Waals surface area contributed by atoms with Crippen LogP contribution in [0.25, 0.3) is 0 Å². The first-order valence-electron chi connectivity index (χ1n) is 7.19. The van der Waals surface area contributed by atoms with Gasteiger partial charge in [-0.2, -0.15) is 0 Å². The summed E-state index contributed by atoms with van der Waals surface area (Å²) in [6.07, 6.45) is 3.76. The van der Waals surface area contributed by atoms with Crippen LogP contribution in [0.15, 0.2) is 0 Å². The van der Waals surface area contributed by atoms with E-state index in [9.17, 15) is 4.79 Å². The topological polar surface area (TPSA) is 49.6 Å². The van der Waals surface area contributed by atoms with Crippen LogP contribution in [-0.2, 0) is 4.79 Å². The third-order valence-corrected chi connectivity index (χ3v) is 5.11. The van der Waals surface area contributed by atoms with Crippen LogP contribution < -0.4 is 5.73 Å². The minimum Gasteiger partial charge on any atom is -0.392 e. The molecule has 2 saturated heterocycles. The van der Waals surface area contributed by atoms with Gasteiger partial charge in [-0.25, -0.2) is 0 Å². The van der Waals surface area contributed by atoms with Gasteiger partial charge in [-0.15, -0.1) is 0 Å². The molecular weight excluding hydrogens is 258 g/mol. The maximum atomic E-state index is 12.7. The molecule has 0 spiro atoms. The van der Waals surface area contributed by atoms with Gasteiger partial charge in [0.2, 0.25) is 5.91 Å². The maximum Gasteiger partial charge on any atom is 0.235 e. The van der Waals surface area contributed by atoms with Crippen molar-refractivity contribution in [3.05, 3.63) is 0 Å². The van der Waals surface area contributed by atoms with Crippen LogP contribution in [0.3, 0.4) is 0 Å². The summed E-state index contributed by atoms with van der Waals surface area (Å²) in [7, 11) is 0. The van der Waals surface area contributed by atoms with E-state index in [4.69, 9.17) is 18.0 Å². The number of carbonyl (C=O) groups excluding carboxylic acids is 1. The van der Waals surface area contributed by atoms with Crippen molar-refractivity contribution in [2.45, 2.75) is 52.1 Å². The van der Waals surface area contributed by atoms with Crippen LogP contribution in [0.4, 0.5) is 0 Å². The molecule has 0 bridgehead atoms. The lowest BCUT2D eigenvalue weighted by molar-refractivity contribution is -0.144. The standard InChI is InChI=1S/C14H25N3OS/c1-10-8-16-7-5-4-6-11(16)9-17(10)13(18)14(2,3)12(15)19/h10-11H,4-9H2,1-3H3,(H2,15,19). The summed E-state index contributed by atoms with van der Waals surface area (Å²) in [5.74, 6) is 0.0812. The summed E-state index contributed by atoms with van der Waals surface area (Å²) in [6, 6.07) is 0.770. The second kappa shape index (κ2) is 5.37. The van der Waals surface area contributed by atoms with Crippen molar-refractivity contribution in [2.24, 2.45) is 11.1 Å². The molecule has 2 rings (SSSR count). The number of hydrogen-bond acceptors (Lipinski definition) is 3. The van der Waals surface area contributed by atoms with Crippen LogP contribution in [-0.4, -0.2) is 52.4 Å². The highest BCUT2D eigenvalue weighted by atomic mass is 32.1. The van der Waals surface area contributed by atoms with E-state index in [2.05, 4.69) is 11.8 Å². The second-order valence-electron chi connectivity index (χ2n) is 6.44. The van der Waals surface area contributed by atoms with Gasteiger partial charge in [-0.3, -0.25) is 9.69 Å². The van der Waals surface area contributed by atoms with Crippen molar-refractivity contribution in [3.8, 4) is 0 Å². The minimum atomic E-state index is -0.736. The van der Waals surface area contributed by atoms with E-state index < -0.39 is 5.41 Å². The number of hydrogen-bond donors (Lipinski definition) is 1. The van der Waals surface area contributed by atoms with Crippen molar-refractivity contribution in [1.82, 2.24) is 9.80 Å². The van der Waals surface area contributed by atoms with E-state index in [0.717, 1.165) is 13.1 Å². The summed E-state index contributed by atoms with van der Waals surface area (Å²) >= 11 is 5.05. The largest absolute Gasteiger partial charge is 0.392 e. The lowest BCUT2D eigenvalue weighted by Gasteiger charge is -2.49. The predicted molar refractivity (Wildman–Crippen MR) is 81.0 cm³/mol. The van der Waals surface area contributed by atoms with Gasteiger partial charge in [-0.1, -0.05) is 18.6 Å². The summed E-state index contributed by atoms with van der Waals surface area (Å²) in [5, 5.41) is 0. The third-order valence-electron chi connectivity index (χ3n) is 4.60. The zero-order chi connectivity index (χ0) is 14.2. The molecule has 5 heteroatoms. The highest BCUT2D eigenvalue weighted by Gasteiger charge is 2.41. The van der Waals surface area contributed by atoms with E-state index in [-0.39, 0.29) is 16.9 Å². The fraction of sp³-hybridized carbons (Fsp3) is 0.857. The van der Waals surface area contributed by atoms with E-state index in [0.29, 0.717) is 6.04 Å². The SMILES string of the molecule is CC1CN2CCCCC2CN1C(=O)C(C)(C)C(N)=S. The molecule has 4 nitrogen and oxygen atoms in total. The lowest BCUT2D eigenvalue weighted by atomic mass is 9.89. The molecule has 1 amide bonds. The van der Waals surface area contributed by atoms with E-state index in [1.807, 2.05) is 18.7 Å². The van der Waals surface area contributed by atoms with Gasteiger partial charge >= 0.3 is 0 Å². The van der Waals surface area contributed by atoms with E-state index in [1.54, 1.807) is 0 Å². The molecule has 0 aromatic rings. The van der Waals surface area contributed by atoms with Crippen LogP contribution in [0.2, 0.25) is 0 Å². The Labute approximate surface area is 121 Å². The molecule has 0 saturated carbocycles. The second-order valence-corrected chi connectivity index (χ2v) is 6.88. The van der Waals surface area contributed by atoms with Gasteiger partial charge < -0.3 is 10.6 Å². The number of carbonyl (C=O) groups is 1. The normalized spacial score (nSPS) is 28.9. The fourth-order valence-electron chi connectivity index (χ4n) is 3.10. The molecule has 0 aromatic carbocycles. The average molecular weight is 283 g/mol. The molecule has 2 aliphatic rings. The zero-order valence-electron chi connectivity index (χ0n) is 12.2. The number of rotatable bonds is 2. The Morgan fingerprint density at radius 2 is 2.00 bits per heavy atom. The van der Waals surface area contributed by atoms with E-state index >= 15 is 0 Å². The molecule has 0 aromatic heterocycles. The Hall–Kier alpha value is -0.680. The number of piperidine rings is 1. The molecular formula is C14H25N3OS. The van der Waals surface area contributed by atoms with Crippen molar-refractivity contribution >= 4 is 23.1 Å². The average Bonchev–Trinajstić information content (AvgIpc) is 2.36. The Balaban J connectivity index is 2.12. The van der Waals surface area contributed by atoms with Crippen LogP contribution in [0.5, 0.6) is 0 Å². The molecule has 108 valence electrons. The first-order chi connectivity index (χ1) is 8.84. The highest BCUT2D eigenvalue weighted by Crippen LogP contribution is 2.28. The van der Waals surface area contributed by atoms with Crippen LogP contribution in [0, 0.1) is 5.41 Å². The lowest BCUT2D eigenvalue weighted by Crippen LogP contribution is -2.62. The molecule has 19 heavy (non-hydrogen) atoms. The molecule has 0 radical (unpaired) electrons. The molecule has 0 aliphatic carbocycles. The van der Waals surface area contributed by atoms with Crippen molar-refractivity contribution in [2.75, 3.05) is 19.6 Å². The van der Waals surface area contributed by atoms with Gasteiger partial charge in [0.15, 0.2) is 0 Å². The first-order valence-corrected chi connectivity index (χ1v) is 7.60. The van der Waals surface area contributed by atoms with Crippen molar-refractivity contribution < 1.29 is 4.79 Å². The predicted octanol–water partition coefficient (Wildman–Crippen LogP) is 1.38. The maximum absolute atomic E-state index is 12.7. The van der Waals surface area contributed by atoms with Gasteiger partial charge in [0, 0.05) is 25.2 Å². The van der Waals surface area contributed by atoms with Crippen molar-refractivity contribution in [1.29, 1.82) is 0 Å². The number of thiocarbonyl (C=S) groups is 1. The molecule has 2 aliphatic heterocycles. The number of piperazine rings is 1. The van der Waals surface area contributed by atoms with Gasteiger partial charge in [-0.05, 0) is 40.2 Å². The molecule has 2 atom stereocenters. The molecule has 2 heterocycles. The quantitative estimate of drug-likeness (QED) is 0.778. The number of nitrogens with zero attached hydrogens (tertiary/aromatic N) is 2. The van der Waals surface area contributed by atoms with Gasteiger partial charge in [0.25, 0.3) is 0 Å². The van der Waals surface area contributed by atoms with Crippen LogP contribution >= 0.6 is 12.2 Å². The van der Waals surface area contributed by atoms with Crippen molar-refractivity contribution in [3.63, 3.8) is 0 Å². The number of amides is 1. The number of nitrogens with two attached hydrogens (primary N) is 1.